The number of halogens is 3. The van der Waals surface area contributed by atoms with E-state index >= 15 is 0 Å². The van der Waals surface area contributed by atoms with Crippen LogP contribution in [-0.2, 0) is 0 Å². The summed E-state index contributed by atoms with van der Waals surface area (Å²) in [5.74, 6) is -1.14. The molecule has 0 aliphatic carbocycles. The van der Waals surface area contributed by atoms with Crippen LogP contribution in [0.15, 0.2) is 22.0 Å². The Morgan fingerprint density at radius 2 is 1.94 bits per heavy atom. The number of benzene rings is 1. The second kappa shape index (κ2) is 4.13. The number of aromatic amines is 1. The molecule has 0 saturated heterocycles. The maximum Gasteiger partial charge on any atom is 0.161 e. The highest BCUT2D eigenvalue weighted by Crippen LogP contribution is 2.34. The van der Waals surface area contributed by atoms with Gasteiger partial charge in [0.05, 0.1) is 19.7 Å². The topological polar surface area (TPSA) is 28.7 Å². The lowest BCUT2D eigenvalue weighted by molar-refractivity contribution is 0.510. The first-order valence-electron chi connectivity index (χ1n) is 5.15. The Hall–Kier alpha value is -1.27. The molecule has 0 spiro atoms. The van der Waals surface area contributed by atoms with Crippen LogP contribution in [0.4, 0.5) is 8.78 Å². The van der Waals surface area contributed by atoms with Crippen molar-refractivity contribution in [2.24, 2.45) is 0 Å². The highest BCUT2D eigenvalue weighted by Gasteiger charge is 2.12. The van der Waals surface area contributed by atoms with E-state index in [2.05, 4.69) is 25.9 Å². The number of rotatable bonds is 1. The molecule has 0 saturated carbocycles. The van der Waals surface area contributed by atoms with Crippen LogP contribution >= 0.6 is 27.3 Å². The molecule has 0 fully saturated rings. The number of aryl methyl sites for hydroxylation is 1. The summed E-state index contributed by atoms with van der Waals surface area (Å²) in [7, 11) is 0. The maximum atomic E-state index is 13.1. The monoisotopic (exact) mass is 328 g/mol. The number of hydrogen-bond donors (Lipinski definition) is 1. The molecule has 3 aromatic rings. The van der Waals surface area contributed by atoms with Gasteiger partial charge in [-0.3, -0.25) is 0 Å². The first kappa shape index (κ1) is 11.8. The molecule has 2 heterocycles. The smallest absolute Gasteiger partial charge is 0.161 e. The minimum Gasteiger partial charge on any atom is -0.337 e. The van der Waals surface area contributed by atoms with Gasteiger partial charge >= 0.3 is 0 Å². The molecule has 0 bridgehead atoms. The molecular weight excluding hydrogens is 322 g/mol. The van der Waals surface area contributed by atoms with E-state index in [1.807, 2.05) is 13.0 Å². The molecule has 0 aliphatic heterocycles. The van der Waals surface area contributed by atoms with Crippen LogP contribution in [0, 0.1) is 18.6 Å². The fourth-order valence-electron chi connectivity index (χ4n) is 1.70. The van der Waals surface area contributed by atoms with Crippen molar-refractivity contribution in [2.75, 3.05) is 0 Å². The number of nitrogens with zero attached hydrogens (tertiary/aromatic N) is 1. The van der Waals surface area contributed by atoms with Gasteiger partial charge in [-0.1, -0.05) is 0 Å². The van der Waals surface area contributed by atoms with Crippen molar-refractivity contribution >= 4 is 38.3 Å². The lowest BCUT2D eigenvalue weighted by Crippen LogP contribution is -1.82. The average Bonchev–Trinajstić information content (AvgIpc) is 2.84. The molecule has 2 nitrogen and oxygen atoms in total. The van der Waals surface area contributed by atoms with E-state index in [0.29, 0.717) is 16.9 Å². The number of imidazole rings is 1. The first-order valence-corrected chi connectivity index (χ1v) is 6.76. The minimum absolute atomic E-state index is 0.422. The van der Waals surface area contributed by atoms with Gasteiger partial charge in [0, 0.05) is 12.1 Å². The lowest BCUT2D eigenvalue weighted by atomic mass is 10.3. The fraction of sp³-hybridized carbons (Fsp3) is 0.0833. The number of nitrogens with one attached hydrogen (secondary N) is 1. The van der Waals surface area contributed by atoms with Crippen molar-refractivity contribution in [1.29, 1.82) is 0 Å². The normalized spacial score (nSPS) is 11.3. The van der Waals surface area contributed by atoms with Crippen LogP contribution in [0.5, 0.6) is 0 Å². The molecule has 18 heavy (non-hydrogen) atoms. The van der Waals surface area contributed by atoms with E-state index in [1.165, 1.54) is 11.3 Å². The SMILES string of the molecule is Cc1cc(-c2nc3cc(F)c(F)cc3[nH]2)sc1Br. The van der Waals surface area contributed by atoms with E-state index in [4.69, 9.17) is 0 Å². The summed E-state index contributed by atoms with van der Waals surface area (Å²) in [5, 5.41) is 0. The van der Waals surface area contributed by atoms with Crippen molar-refractivity contribution in [3.8, 4) is 10.7 Å². The second-order valence-corrected chi connectivity index (χ2v) is 6.31. The van der Waals surface area contributed by atoms with E-state index < -0.39 is 11.6 Å². The van der Waals surface area contributed by atoms with Gasteiger partial charge in [0.1, 0.15) is 5.82 Å². The summed E-state index contributed by atoms with van der Waals surface area (Å²) in [5.41, 5.74) is 2.02. The van der Waals surface area contributed by atoms with Gasteiger partial charge in [-0.15, -0.1) is 11.3 Å². The minimum atomic E-state index is -0.885. The molecule has 2 aromatic heterocycles. The van der Waals surface area contributed by atoms with Gasteiger partial charge in [-0.05, 0) is 34.5 Å². The molecule has 1 N–H and O–H groups in total. The molecule has 0 unspecified atom stereocenters. The second-order valence-electron chi connectivity index (χ2n) is 3.94. The zero-order valence-corrected chi connectivity index (χ0v) is 11.6. The van der Waals surface area contributed by atoms with Crippen LogP contribution < -0.4 is 0 Å². The van der Waals surface area contributed by atoms with Gasteiger partial charge in [0.25, 0.3) is 0 Å². The zero-order chi connectivity index (χ0) is 12.9. The Kier molecular flexibility index (Phi) is 2.71. The Balaban J connectivity index is 2.19. The number of H-pyrrole nitrogens is 1. The number of fused-ring (bicyclic) bond motifs is 1. The van der Waals surface area contributed by atoms with E-state index in [1.54, 1.807) is 0 Å². The predicted molar refractivity (Wildman–Crippen MR) is 71.8 cm³/mol. The zero-order valence-electron chi connectivity index (χ0n) is 9.22. The Morgan fingerprint density at radius 3 is 2.61 bits per heavy atom. The number of thiophene rings is 1. The molecule has 0 amide bonds. The third-order valence-electron chi connectivity index (χ3n) is 2.61. The van der Waals surface area contributed by atoms with Gasteiger partial charge in [-0.25, -0.2) is 13.8 Å². The first-order chi connectivity index (χ1) is 8.54. The molecule has 0 atom stereocenters. The summed E-state index contributed by atoms with van der Waals surface area (Å²) >= 11 is 4.96. The van der Waals surface area contributed by atoms with Gasteiger partial charge in [0.15, 0.2) is 11.6 Å². The van der Waals surface area contributed by atoms with Crippen molar-refractivity contribution in [3.63, 3.8) is 0 Å². The number of aromatic nitrogens is 2. The lowest BCUT2D eigenvalue weighted by Gasteiger charge is -1.90. The average molecular weight is 329 g/mol. The van der Waals surface area contributed by atoms with E-state index in [-0.39, 0.29) is 0 Å². The molecule has 3 rings (SSSR count). The molecular formula is C12H7BrF2N2S. The van der Waals surface area contributed by atoms with Crippen molar-refractivity contribution in [2.45, 2.75) is 6.92 Å². The van der Waals surface area contributed by atoms with Gasteiger partial charge < -0.3 is 4.98 Å². The molecule has 6 heteroatoms. The summed E-state index contributed by atoms with van der Waals surface area (Å²) in [4.78, 5) is 8.19. The third kappa shape index (κ3) is 1.85. The summed E-state index contributed by atoms with van der Waals surface area (Å²) in [6, 6.07) is 4.19. The van der Waals surface area contributed by atoms with Crippen LogP contribution in [0.2, 0.25) is 0 Å². The van der Waals surface area contributed by atoms with Crippen molar-refractivity contribution in [1.82, 2.24) is 9.97 Å². The van der Waals surface area contributed by atoms with Crippen molar-refractivity contribution < 1.29 is 8.78 Å². The highest BCUT2D eigenvalue weighted by molar-refractivity contribution is 9.11. The van der Waals surface area contributed by atoms with E-state index in [9.17, 15) is 8.78 Å². The summed E-state index contributed by atoms with van der Waals surface area (Å²) in [6.45, 7) is 1.98. The van der Waals surface area contributed by atoms with Crippen LogP contribution in [-0.4, -0.2) is 9.97 Å². The largest absolute Gasteiger partial charge is 0.337 e. The molecule has 0 aliphatic rings. The van der Waals surface area contributed by atoms with Crippen molar-refractivity contribution in [3.05, 3.63) is 39.2 Å². The summed E-state index contributed by atoms with van der Waals surface area (Å²) < 4.78 is 27.2. The third-order valence-corrected chi connectivity index (χ3v) is 4.76. The predicted octanol–water partition coefficient (Wildman–Crippen LogP) is 4.64. The fourth-order valence-corrected chi connectivity index (χ4v) is 3.18. The Morgan fingerprint density at radius 1 is 1.22 bits per heavy atom. The van der Waals surface area contributed by atoms with Crippen LogP contribution in [0.3, 0.4) is 0 Å². The van der Waals surface area contributed by atoms with Gasteiger partial charge in [0.2, 0.25) is 0 Å². The highest BCUT2D eigenvalue weighted by atomic mass is 79.9. The summed E-state index contributed by atoms with van der Waals surface area (Å²) in [6.07, 6.45) is 0. The molecule has 92 valence electrons. The van der Waals surface area contributed by atoms with Gasteiger partial charge in [-0.2, -0.15) is 0 Å². The Labute approximate surface area is 114 Å². The Bertz CT molecular complexity index is 689. The standard InChI is InChI=1S/C12H7BrF2N2S/c1-5-2-10(18-11(5)13)12-16-8-3-6(14)7(15)4-9(8)17-12/h2-4H,1H3,(H,16,17). The van der Waals surface area contributed by atoms with Crippen LogP contribution in [0.25, 0.3) is 21.7 Å². The van der Waals surface area contributed by atoms with E-state index in [0.717, 1.165) is 26.4 Å². The maximum absolute atomic E-state index is 13.1. The quantitative estimate of drug-likeness (QED) is 0.692. The number of hydrogen-bond acceptors (Lipinski definition) is 2. The molecule has 1 aromatic carbocycles. The molecule has 0 radical (unpaired) electrons. The van der Waals surface area contributed by atoms with Crippen LogP contribution in [0.1, 0.15) is 5.56 Å².